The Bertz CT molecular complexity index is 1160. The van der Waals surface area contributed by atoms with Gasteiger partial charge in [-0.25, -0.2) is 4.79 Å². The summed E-state index contributed by atoms with van der Waals surface area (Å²) in [5, 5.41) is 11.4. The lowest BCUT2D eigenvalue weighted by molar-refractivity contribution is -0.154. The van der Waals surface area contributed by atoms with Crippen molar-refractivity contribution in [3.8, 4) is 23.0 Å². The number of carbonyl (C=O) groups excluding carboxylic acids is 1. The van der Waals surface area contributed by atoms with Crippen LogP contribution in [0.1, 0.15) is 16.7 Å². The van der Waals surface area contributed by atoms with Crippen LogP contribution in [-0.2, 0) is 29.0 Å². The lowest BCUT2D eigenvalue weighted by Gasteiger charge is -2.26. The first kappa shape index (κ1) is 24.4. The van der Waals surface area contributed by atoms with Gasteiger partial charge in [-0.15, -0.1) is 0 Å². The molecule has 1 fully saturated rings. The van der Waals surface area contributed by atoms with E-state index < -0.39 is 17.5 Å². The predicted octanol–water partition coefficient (Wildman–Crippen LogP) is 3.98. The highest BCUT2D eigenvalue weighted by atomic mass is 16.6. The lowest BCUT2D eigenvalue weighted by atomic mass is 9.81. The van der Waals surface area contributed by atoms with Crippen molar-refractivity contribution in [2.45, 2.75) is 25.0 Å². The lowest BCUT2D eigenvalue weighted by Crippen LogP contribution is -2.44. The molecular weight excluding hydrogens is 448 g/mol. The van der Waals surface area contributed by atoms with Crippen molar-refractivity contribution < 1.29 is 33.6 Å². The van der Waals surface area contributed by atoms with Crippen molar-refractivity contribution in [2.24, 2.45) is 5.92 Å². The van der Waals surface area contributed by atoms with Gasteiger partial charge >= 0.3 is 5.97 Å². The minimum atomic E-state index is -1.66. The maximum Gasteiger partial charge on any atom is 0.338 e. The van der Waals surface area contributed by atoms with E-state index in [1.54, 1.807) is 33.5 Å². The number of ether oxygens (including phenoxy) is 5. The number of hydrogen-bond donors (Lipinski definition) is 1. The van der Waals surface area contributed by atoms with Crippen LogP contribution in [-0.4, -0.2) is 44.6 Å². The summed E-state index contributed by atoms with van der Waals surface area (Å²) < 4.78 is 27.4. The van der Waals surface area contributed by atoms with Crippen molar-refractivity contribution in [3.05, 3.63) is 83.4 Å². The summed E-state index contributed by atoms with van der Waals surface area (Å²) in [6.07, 6.45) is 0.539. The van der Waals surface area contributed by atoms with Crippen molar-refractivity contribution in [3.63, 3.8) is 0 Å². The van der Waals surface area contributed by atoms with Gasteiger partial charge in [0.15, 0.2) is 28.6 Å². The second-order valence-electron chi connectivity index (χ2n) is 8.55. The first-order valence-electron chi connectivity index (χ1n) is 11.4. The van der Waals surface area contributed by atoms with E-state index in [4.69, 9.17) is 23.7 Å². The minimum Gasteiger partial charge on any atom is -0.493 e. The van der Waals surface area contributed by atoms with E-state index in [1.165, 1.54) is 0 Å². The molecule has 0 aliphatic carbocycles. The highest BCUT2D eigenvalue weighted by molar-refractivity contribution is 5.82. The third-order valence-corrected chi connectivity index (χ3v) is 6.31. The van der Waals surface area contributed by atoms with Gasteiger partial charge in [0.25, 0.3) is 0 Å². The van der Waals surface area contributed by atoms with Gasteiger partial charge in [0, 0.05) is 12.3 Å². The molecule has 1 aliphatic rings. The summed E-state index contributed by atoms with van der Waals surface area (Å²) in [4.78, 5) is 12.6. The molecule has 2 atom stereocenters. The van der Waals surface area contributed by atoms with Crippen molar-refractivity contribution in [2.75, 3.05) is 27.9 Å². The number of hydrogen-bond acceptors (Lipinski definition) is 7. The average Bonchev–Trinajstić information content (AvgIpc) is 3.16. The van der Waals surface area contributed by atoms with Gasteiger partial charge in [0.1, 0.15) is 6.61 Å². The van der Waals surface area contributed by atoms with Gasteiger partial charge in [-0.05, 0) is 47.4 Å². The summed E-state index contributed by atoms with van der Waals surface area (Å²) in [5.41, 5.74) is 1.03. The van der Waals surface area contributed by atoms with Gasteiger partial charge in [-0.1, -0.05) is 42.5 Å². The maximum absolute atomic E-state index is 12.6. The molecule has 7 nitrogen and oxygen atoms in total. The zero-order valence-corrected chi connectivity index (χ0v) is 20.2. The first-order valence-corrected chi connectivity index (χ1v) is 11.4. The minimum absolute atomic E-state index is 0.0963. The molecule has 0 unspecified atom stereocenters. The summed E-state index contributed by atoms with van der Waals surface area (Å²) in [7, 11) is 4.71. The van der Waals surface area contributed by atoms with Crippen LogP contribution < -0.4 is 18.9 Å². The number of cyclic esters (lactones) is 1. The molecule has 0 aromatic heterocycles. The Morgan fingerprint density at radius 2 is 1.46 bits per heavy atom. The fourth-order valence-corrected chi connectivity index (χ4v) is 4.33. The Labute approximate surface area is 205 Å². The molecular formula is C28H30O7. The standard InChI is InChI=1S/C28H30O7/c1-31-23-11-9-20(14-25(23)32-2)13-22-18-35-27(29)28(22,30)16-21-10-12-24(26(15-21)33-3)34-17-19-7-5-4-6-8-19/h4-12,14-15,22,30H,13,16-18H2,1-3H3/t22-,28+/m0/s1. The molecule has 184 valence electrons. The van der Waals surface area contributed by atoms with Crippen molar-refractivity contribution in [1.82, 2.24) is 0 Å². The molecule has 35 heavy (non-hydrogen) atoms. The molecule has 7 heteroatoms. The Kier molecular flexibility index (Phi) is 7.46. The fraction of sp³-hybridized carbons (Fsp3) is 0.321. The summed E-state index contributed by atoms with van der Waals surface area (Å²) in [6, 6.07) is 20.8. The van der Waals surface area contributed by atoms with Crippen LogP contribution in [0.25, 0.3) is 0 Å². The number of methoxy groups -OCH3 is 3. The fourth-order valence-electron chi connectivity index (χ4n) is 4.33. The van der Waals surface area contributed by atoms with Gasteiger partial charge in [-0.3, -0.25) is 0 Å². The Hall–Kier alpha value is -3.71. The third kappa shape index (κ3) is 5.35. The van der Waals surface area contributed by atoms with Gasteiger partial charge < -0.3 is 28.8 Å². The molecule has 1 N–H and O–H groups in total. The molecule has 0 bridgehead atoms. The van der Waals surface area contributed by atoms with Crippen molar-refractivity contribution in [1.29, 1.82) is 0 Å². The monoisotopic (exact) mass is 478 g/mol. The molecule has 3 aromatic carbocycles. The van der Waals surface area contributed by atoms with Crippen LogP contribution >= 0.6 is 0 Å². The number of rotatable bonds is 10. The first-order chi connectivity index (χ1) is 17.0. The smallest absolute Gasteiger partial charge is 0.338 e. The highest BCUT2D eigenvalue weighted by Crippen LogP contribution is 2.37. The Morgan fingerprint density at radius 1 is 0.829 bits per heavy atom. The number of aliphatic hydroxyl groups is 1. The number of esters is 1. The molecule has 1 heterocycles. The normalized spacial score (nSPS) is 19.2. The highest BCUT2D eigenvalue weighted by Gasteiger charge is 2.51. The Morgan fingerprint density at radius 3 is 2.17 bits per heavy atom. The molecule has 1 saturated heterocycles. The SMILES string of the molecule is COc1ccc(C[C@H]2COC(=O)[C@@]2(O)Cc2ccc(OCc3ccccc3)c(OC)c2)cc1OC. The summed E-state index contributed by atoms with van der Waals surface area (Å²) in [6.45, 7) is 0.541. The Balaban J connectivity index is 1.50. The van der Waals surface area contributed by atoms with E-state index in [0.29, 0.717) is 36.0 Å². The van der Waals surface area contributed by atoms with Crippen LogP contribution in [0.2, 0.25) is 0 Å². The molecule has 3 aromatic rings. The second kappa shape index (κ2) is 10.7. The summed E-state index contributed by atoms with van der Waals surface area (Å²) in [5.74, 6) is 1.29. The molecule has 0 amide bonds. The van der Waals surface area contributed by atoms with Crippen LogP contribution in [0.15, 0.2) is 66.7 Å². The molecule has 0 radical (unpaired) electrons. The maximum atomic E-state index is 12.6. The quantitative estimate of drug-likeness (QED) is 0.441. The van der Waals surface area contributed by atoms with Crippen LogP contribution in [0.5, 0.6) is 23.0 Å². The molecule has 4 rings (SSSR count). The second-order valence-corrected chi connectivity index (χ2v) is 8.55. The van der Waals surface area contributed by atoms with Crippen LogP contribution in [0, 0.1) is 5.92 Å². The van der Waals surface area contributed by atoms with Crippen LogP contribution in [0.4, 0.5) is 0 Å². The zero-order valence-electron chi connectivity index (χ0n) is 20.2. The van der Waals surface area contributed by atoms with E-state index in [1.807, 2.05) is 54.6 Å². The van der Waals surface area contributed by atoms with E-state index in [2.05, 4.69) is 0 Å². The van der Waals surface area contributed by atoms with Gasteiger partial charge in [-0.2, -0.15) is 0 Å². The largest absolute Gasteiger partial charge is 0.493 e. The third-order valence-electron chi connectivity index (χ3n) is 6.31. The van der Waals surface area contributed by atoms with E-state index in [0.717, 1.165) is 16.7 Å². The van der Waals surface area contributed by atoms with E-state index in [9.17, 15) is 9.90 Å². The van der Waals surface area contributed by atoms with E-state index in [-0.39, 0.29) is 13.0 Å². The summed E-state index contributed by atoms with van der Waals surface area (Å²) >= 11 is 0. The molecule has 1 aliphatic heterocycles. The van der Waals surface area contributed by atoms with E-state index >= 15 is 0 Å². The zero-order chi connectivity index (χ0) is 24.8. The van der Waals surface area contributed by atoms with Crippen molar-refractivity contribution >= 4 is 5.97 Å². The molecule has 0 saturated carbocycles. The van der Waals surface area contributed by atoms with Crippen LogP contribution in [0.3, 0.4) is 0 Å². The van der Waals surface area contributed by atoms with Gasteiger partial charge in [0.05, 0.1) is 27.9 Å². The molecule has 0 spiro atoms. The average molecular weight is 479 g/mol. The van der Waals surface area contributed by atoms with Gasteiger partial charge in [0.2, 0.25) is 0 Å². The number of carbonyl (C=O) groups is 1. The topological polar surface area (TPSA) is 83.5 Å². The number of benzene rings is 3. The predicted molar refractivity (Wildman–Crippen MR) is 130 cm³/mol.